The number of sulfonamides is 2. The summed E-state index contributed by atoms with van der Waals surface area (Å²) < 4.78 is 92.1. The maximum atomic E-state index is 14.1. The molecule has 0 radical (unpaired) electrons. The number of anilines is 2. The highest BCUT2D eigenvalue weighted by atomic mass is 35.5. The van der Waals surface area contributed by atoms with Crippen LogP contribution in [0.5, 0.6) is 0 Å². The third-order valence-corrected chi connectivity index (χ3v) is 16.7. The third kappa shape index (κ3) is 12.1. The lowest BCUT2D eigenvalue weighted by Gasteiger charge is -2.21. The molecule has 7 aromatic rings. The van der Waals surface area contributed by atoms with Crippen LogP contribution in [0.15, 0.2) is 81.8 Å². The third-order valence-electron chi connectivity index (χ3n) is 13.5. The standard InChI is InChI=1S/C26H30ClFN4O4S.C26H28ClFN4O3S/c1-15(11-18-5-7-21(27)22(28)12-18)26(33)30-24-13-19(25-16(2)31-36-17(25)3)6-8-23(24)29-20-9-10-32(14-20)37(4,34)35;1-15(11-18-5-7-21(27)22(28)12-18)26-29-23-13-19(25-16(2)30-35-17(25)3)6-8-24(23)32(26)20-9-10-31(14-20)36(4,33)34/h5-8,12-13,15,20,29H,9-11,14H2,1-4H3,(H,30,33);5-8,12-13,15,20H,9-11,14H2,1-4H3/t15-,20?;15-,20-/m11/s1. The quantitative estimate of drug-likeness (QED) is 0.106. The highest BCUT2D eigenvalue weighted by Crippen LogP contribution is 2.38. The number of nitrogens with one attached hydrogen (secondary N) is 2. The molecule has 3 aromatic heterocycles. The van der Waals surface area contributed by atoms with Crippen molar-refractivity contribution < 1.29 is 39.5 Å². The normalized spacial score (nSPS) is 17.4. The minimum Gasteiger partial charge on any atom is -0.379 e. The van der Waals surface area contributed by atoms with Crippen molar-refractivity contribution in [2.75, 3.05) is 49.3 Å². The molecule has 1 unspecified atom stereocenters. The Hall–Kier alpha value is -5.70. The van der Waals surface area contributed by atoms with Gasteiger partial charge in [-0.15, -0.1) is 0 Å². The van der Waals surface area contributed by atoms with E-state index in [0.29, 0.717) is 74.6 Å². The lowest BCUT2D eigenvalue weighted by Crippen LogP contribution is -2.31. The molecule has 2 N–H and O–H groups in total. The molecule has 4 aromatic carbocycles. The van der Waals surface area contributed by atoms with Gasteiger partial charge < -0.3 is 24.2 Å². The Morgan fingerprint density at radius 3 is 1.81 bits per heavy atom. The fraction of sp³-hybridized carbons (Fsp3) is 0.385. The van der Waals surface area contributed by atoms with Crippen molar-refractivity contribution in [2.24, 2.45) is 5.92 Å². The van der Waals surface area contributed by atoms with Crippen LogP contribution in [0.25, 0.3) is 33.3 Å². The van der Waals surface area contributed by atoms with Gasteiger partial charge in [-0.3, -0.25) is 4.79 Å². The molecule has 2 fully saturated rings. The second kappa shape index (κ2) is 21.6. The number of amides is 1. The number of hydrogen-bond donors (Lipinski definition) is 2. The molecular weight excluding hydrogens is 1020 g/mol. The van der Waals surface area contributed by atoms with Crippen molar-refractivity contribution in [3.8, 4) is 22.3 Å². The number of aryl methyl sites for hydroxylation is 4. The molecule has 0 bridgehead atoms. The van der Waals surface area contributed by atoms with Gasteiger partial charge in [-0.1, -0.05) is 71.6 Å². The number of benzene rings is 4. The first kappa shape index (κ1) is 53.6. The molecule has 15 nitrogen and oxygen atoms in total. The van der Waals surface area contributed by atoms with Crippen LogP contribution in [-0.2, 0) is 37.7 Å². The van der Waals surface area contributed by atoms with Gasteiger partial charge in [-0.05, 0) is 124 Å². The Kier molecular flexibility index (Phi) is 15.9. The molecule has 388 valence electrons. The van der Waals surface area contributed by atoms with Crippen LogP contribution in [0.4, 0.5) is 20.2 Å². The number of carbonyl (C=O) groups excluding carboxylic acids is 1. The van der Waals surface area contributed by atoms with Gasteiger partial charge in [0, 0.05) is 55.2 Å². The first-order valence-corrected chi connectivity index (χ1v) is 28.3. The van der Waals surface area contributed by atoms with Gasteiger partial charge in [0.05, 0.1) is 62.4 Å². The highest BCUT2D eigenvalue weighted by molar-refractivity contribution is 7.88. The van der Waals surface area contributed by atoms with E-state index in [1.165, 1.54) is 39.3 Å². The number of nitrogens with zero attached hydrogens (tertiary/aromatic N) is 6. The van der Waals surface area contributed by atoms with Gasteiger partial charge >= 0.3 is 0 Å². The predicted octanol–water partition coefficient (Wildman–Crippen LogP) is 10.7. The van der Waals surface area contributed by atoms with Crippen LogP contribution >= 0.6 is 23.2 Å². The summed E-state index contributed by atoms with van der Waals surface area (Å²) >= 11 is 11.7. The van der Waals surface area contributed by atoms with Gasteiger partial charge in [-0.25, -0.2) is 39.2 Å². The number of rotatable bonds is 14. The maximum Gasteiger partial charge on any atom is 0.227 e. The van der Waals surface area contributed by atoms with E-state index in [4.69, 9.17) is 37.2 Å². The molecule has 0 spiro atoms. The number of halogens is 4. The van der Waals surface area contributed by atoms with Crippen LogP contribution < -0.4 is 10.6 Å². The van der Waals surface area contributed by atoms with Gasteiger partial charge in [0.1, 0.15) is 29.0 Å². The van der Waals surface area contributed by atoms with Crippen molar-refractivity contribution in [3.05, 3.63) is 134 Å². The molecule has 9 rings (SSSR count). The zero-order valence-electron chi connectivity index (χ0n) is 41.8. The summed E-state index contributed by atoms with van der Waals surface area (Å²) in [5.74, 6) is 0.535. The van der Waals surface area contributed by atoms with E-state index in [0.717, 1.165) is 61.8 Å². The summed E-state index contributed by atoms with van der Waals surface area (Å²) in [6.45, 7) is 12.9. The topological polar surface area (TPSA) is 186 Å². The molecule has 1 amide bonds. The van der Waals surface area contributed by atoms with Crippen LogP contribution in [0.1, 0.15) is 78.5 Å². The van der Waals surface area contributed by atoms with Gasteiger partial charge in [-0.2, -0.15) is 0 Å². The zero-order chi connectivity index (χ0) is 52.7. The summed E-state index contributed by atoms with van der Waals surface area (Å²) in [6.07, 6.45) is 4.68. The van der Waals surface area contributed by atoms with E-state index in [9.17, 15) is 30.4 Å². The van der Waals surface area contributed by atoms with Crippen molar-refractivity contribution >= 4 is 71.6 Å². The molecule has 21 heteroatoms. The van der Waals surface area contributed by atoms with Crippen LogP contribution in [0.2, 0.25) is 10.0 Å². The van der Waals surface area contributed by atoms with E-state index >= 15 is 0 Å². The number of carbonyl (C=O) groups is 1. The Morgan fingerprint density at radius 2 is 1.27 bits per heavy atom. The Labute approximate surface area is 434 Å². The van der Waals surface area contributed by atoms with Gasteiger partial charge in [0.15, 0.2) is 0 Å². The molecule has 4 atom stereocenters. The SMILES string of the molecule is Cc1noc(C)c1-c1ccc(NC2CCN(S(C)(=O)=O)C2)c(NC(=O)[C@H](C)Cc2ccc(Cl)c(F)c2)c1.Cc1noc(C)c1-c1ccc2c(c1)nc([C@H](C)Cc1ccc(Cl)c(F)c1)n2[C@@H]1CCN(S(C)(=O)=O)C1. The summed E-state index contributed by atoms with van der Waals surface area (Å²) in [5, 5.41) is 14.6. The Bertz CT molecular complexity index is 3400. The molecule has 2 saturated heterocycles. The summed E-state index contributed by atoms with van der Waals surface area (Å²) in [5.41, 5.74) is 9.59. The first-order chi connectivity index (χ1) is 34.4. The summed E-state index contributed by atoms with van der Waals surface area (Å²) in [6, 6.07) is 20.9. The average Bonchev–Trinajstić information content (AvgIpc) is 4.18. The molecule has 0 saturated carbocycles. The number of hydrogen-bond acceptors (Lipinski definition) is 11. The first-order valence-electron chi connectivity index (χ1n) is 23.8. The maximum absolute atomic E-state index is 14.1. The number of fused-ring (bicyclic) bond motifs is 1. The van der Waals surface area contributed by atoms with E-state index in [2.05, 4.69) is 32.4 Å². The Balaban J connectivity index is 0.000000195. The molecular formula is C52H58Cl2F2N8O7S2. The highest BCUT2D eigenvalue weighted by Gasteiger charge is 2.34. The van der Waals surface area contributed by atoms with Crippen molar-refractivity contribution in [2.45, 2.75) is 85.2 Å². The van der Waals surface area contributed by atoms with E-state index < -0.39 is 37.6 Å². The molecule has 0 aliphatic carbocycles. The Morgan fingerprint density at radius 1 is 0.726 bits per heavy atom. The van der Waals surface area contributed by atoms with E-state index in [1.807, 2.05) is 70.2 Å². The van der Waals surface area contributed by atoms with E-state index in [-0.39, 0.29) is 34.0 Å². The van der Waals surface area contributed by atoms with Crippen LogP contribution in [0, 0.1) is 45.2 Å². The molecule has 73 heavy (non-hydrogen) atoms. The van der Waals surface area contributed by atoms with Crippen molar-refractivity contribution in [1.82, 2.24) is 28.5 Å². The van der Waals surface area contributed by atoms with Crippen LogP contribution in [0.3, 0.4) is 0 Å². The lowest BCUT2D eigenvalue weighted by molar-refractivity contribution is -0.119. The van der Waals surface area contributed by atoms with E-state index in [1.54, 1.807) is 19.1 Å². The molecule has 2 aliphatic heterocycles. The predicted molar refractivity (Wildman–Crippen MR) is 281 cm³/mol. The van der Waals surface area contributed by atoms with Gasteiger partial charge in [0.25, 0.3) is 0 Å². The average molecular weight is 1080 g/mol. The second-order valence-corrected chi connectivity index (χ2v) is 24.0. The van der Waals surface area contributed by atoms with Gasteiger partial charge in [0.2, 0.25) is 26.0 Å². The van der Waals surface area contributed by atoms with Crippen LogP contribution in [-0.4, -0.2) is 96.0 Å². The largest absolute Gasteiger partial charge is 0.379 e. The summed E-state index contributed by atoms with van der Waals surface area (Å²) in [7, 11) is -6.57. The monoisotopic (exact) mass is 1080 g/mol. The summed E-state index contributed by atoms with van der Waals surface area (Å²) in [4.78, 5) is 18.2. The molecule has 5 heterocycles. The van der Waals surface area contributed by atoms with Crippen molar-refractivity contribution in [3.63, 3.8) is 0 Å². The number of aromatic nitrogens is 4. The lowest BCUT2D eigenvalue weighted by atomic mass is 9.99. The minimum absolute atomic E-state index is 0.0362. The van der Waals surface area contributed by atoms with Crippen molar-refractivity contribution in [1.29, 1.82) is 0 Å². The zero-order valence-corrected chi connectivity index (χ0v) is 44.9. The number of imidazole rings is 1. The molecule has 2 aliphatic rings. The second-order valence-electron chi connectivity index (χ2n) is 19.2. The minimum atomic E-state index is -3.29. The fourth-order valence-electron chi connectivity index (χ4n) is 9.79. The fourth-order valence-corrected chi connectivity index (χ4v) is 11.8. The smallest absolute Gasteiger partial charge is 0.227 e.